The Balaban J connectivity index is 2.85. The Bertz CT molecular complexity index is 401. The van der Waals surface area contributed by atoms with Crippen LogP contribution in [-0.2, 0) is 0 Å². The molecule has 0 aliphatic heterocycles. The molecule has 2 N–H and O–H groups in total. The van der Waals surface area contributed by atoms with E-state index in [2.05, 4.69) is 64.6 Å². The first kappa shape index (κ1) is 18.2. The molecule has 0 amide bonds. The molecule has 1 unspecified atom stereocenters. The minimum absolute atomic E-state index is 0.1000. The predicted molar refractivity (Wildman–Crippen MR) is 93.6 cm³/mol. The summed E-state index contributed by atoms with van der Waals surface area (Å²) >= 11 is 0. The van der Waals surface area contributed by atoms with Crippen molar-refractivity contribution in [2.45, 2.75) is 66.5 Å². The van der Waals surface area contributed by atoms with E-state index in [1.807, 2.05) is 0 Å². The first-order valence-electron chi connectivity index (χ1n) is 8.45. The number of aryl methyl sites for hydroxylation is 2. The SMILES string of the molecule is CCC(CC)N(CC(C)C)CC(N)c1cc(C)cc(C)c1. The fourth-order valence-corrected chi connectivity index (χ4v) is 3.23. The molecule has 2 nitrogen and oxygen atoms in total. The van der Waals surface area contributed by atoms with Crippen LogP contribution in [0.5, 0.6) is 0 Å². The summed E-state index contributed by atoms with van der Waals surface area (Å²) in [4.78, 5) is 2.59. The first-order chi connectivity index (χ1) is 9.87. The molecule has 0 aliphatic carbocycles. The van der Waals surface area contributed by atoms with E-state index in [1.165, 1.54) is 29.5 Å². The highest BCUT2D eigenvalue weighted by molar-refractivity contribution is 5.30. The van der Waals surface area contributed by atoms with Gasteiger partial charge in [0.05, 0.1) is 0 Å². The summed E-state index contributed by atoms with van der Waals surface area (Å²) < 4.78 is 0. The lowest BCUT2D eigenvalue weighted by atomic mass is 9.99. The van der Waals surface area contributed by atoms with E-state index in [4.69, 9.17) is 5.73 Å². The second-order valence-corrected chi connectivity index (χ2v) is 6.85. The van der Waals surface area contributed by atoms with E-state index in [-0.39, 0.29) is 6.04 Å². The zero-order valence-corrected chi connectivity index (χ0v) is 14.8. The summed E-state index contributed by atoms with van der Waals surface area (Å²) in [6.45, 7) is 15.5. The number of hydrogen-bond acceptors (Lipinski definition) is 2. The van der Waals surface area contributed by atoms with Crippen LogP contribution in [-0.4, -0.2) is 24.0 Å². The molecular weight excluding hydrogens is 256 g/mol. The first-order valence-corrected chi connectivity index (χ1v) is 8.45. The van der Waals surface area contributed by atoms with Crippen molar-refractivity contribution in [2.75, 3.05) is 13.1 Å². The fourth-order valence-electron chi connectivity index (χ4n) is 3.23. The summed E-state index contributed by atoms with van der Waals surface area (Å²) in [5, 5.41) is 0. The van der Waals surface area contributed by atoms with Crippen LogP contribution in [0.2, 0.25) is 0 Å². The van der Waals surface area contributed by atoms with Crippen molar-refractivity contribution in [3.63, 3.8) is 0 Å². The Morgan fingerprint density at radius 3 is 1.90 bits per heavy atom. The summed E-state index contributed by atoms with van der Waals surface area (Å²) in [6, 6.07) is 7.42. The quantitative estimate of drug-likeness (QED) is 0.766. The van der Waals surface area contributed by atoms with Gasteiger partial charge in [-0.2, -0.15) is 0 Å². The van der Waals surface area contributed by atoms with Gasteiger partial charge in [0.25, 0.3) is 0 Å². The smallest absolute Gasteiger partial charge is 0.0424 e. The number of nitrogens with zero attached hydrogens (tertiary/aromatic N) is 1. The lowest BCUT2D eigenvalue weighted by Crippen LogP contribution is -2.41. The van der Waals surface area contributed by atoms with Crippen LogP contribution in [0.4, 0.5) is 0 Å². The van der Waals surface area contributed by atoms with Gasteiger partial charge in [0, 0.05) is 25.2 Å². The monoisotopic (exact) mass is 290 g/mol. The molecule has 0 fully saturated rings. The maximum absolute atomic E-state index is 6.51. The minimum atomic E-state index is 0.1000. The second-order valence-electron chi connectivity index (χ2n) is 6.85. The third-order valence-electron chi connectivity index (χ3n) is 4.16. The molecule has 1 aromatic rings. The normalized spacial score (nSPS) is 13.4. The van der Waals surface area contributed by atoms with Crippen LogP contribution in [0.1, 0.15) is 63.3 Å². The molecule has 0 spiro atoms. The van der Waals surface area contributed by atoms with E-state index >= 15 is 0 Å². The van der Waals surface area contributed by atoms with Crippen molar-refractivity contribution < 1.29 is 0 Å². The molecular formula is C19H34N2. The zero-order valence-electron chi connectivity index (χ0n) is 14.8. The molecule has 0 aliphatic rings. The Hall–Kier alpha value is -0.860. The highest BCUT2D eigenvalue weighted by Gasteiger charge is 2.20. The van der Waals surface area contributed by atoms with Crippen LogP contribution in [0.25, 0.3) is 0 Å². The van der Waals surface area contributed by atoms with E-state index in [0.717, 1.165) is 13.1 Å². The van der Waals surface area contributed by atoms with Gasteiger partial charge < -0.3 is 5.73 Å². The highest BCUT2D eigenvalue weighted by atomic mass is 15.2. The maximum Gasteiger partial charge on any atom is 0.0424 e. The summed E-state index contributed by atoms with van der Waals surface area (Å²) in [5.41, 5.74) is 10.4. The van der Waals surface area contributed by atoms with Gasteiger partial charge in [0.2, 0.25) is 0 Å². The predicted octanol–water partition coefficient (Wildman–Crippen LogP) is 4.45. The molecule has 21 heavy (non-hydrogen) atoms. The Morgan fingerprint density at radius 2 is 1.48 bits per heavy atom. The van der Waals surface area contributed by atoms with Gasteiger partial charge in [-0.1, -0.05) is 57.0 Å². The molecule has 0 heterocycles. The third kappa shape index (κ3) is 5.80. The van der Waals surface area contributed by atoms with Crippen molar-refractivity contribution in [3.8, 4) is 0 Å². The maximum atomic E-state index is 6.51. The molecule has 0 radical (unpaired) electrons. The van der Waals surface area contributed by atoms with Crippen LogP contribution in [0.3, 0.4) is 0 Å². The average molecular weight is 290 g/mol. The molecule has 120 valence electrons. The van der Waals surface area contributed by atoms with Gasteiger partial charge in [-0.05, 0) is 38.2 Å². The highest BCUT2D eigenvalue weighted by Crippen LogP contribution is 2.19. The summed E-state index contributed by atoms with van der Waals surface area (Å²) in [7, 11) is 0. The largest absolute Gasteiger partial charge is 0.323 e. The molecule has 0 saturated heterocycles. The standard InChI is InChI=1S/C19H34N2/c1-7-18(8-2)21(12-14(3)4)13-19(20)17-10-15(5)9-16(6)11-17/h9-11,14,18-19H,7-8,12-13,20H2,1-6H3. The molecule has 0 bridgehead atoms. The fraction of sp³-hybridized carbons (Fsp3) is 0.684. The van der Waals surface area contributed by atoms with E-state index in [9.17, 15) is 0 Å². The van der Waals surface area contributed by atoms with E-state index < -0.39 is 0 Å². The van der Waals surface area contributed by atoms with Gasteiger partial charge in [-0.3, -0.25) is 4.90 Å². The second kappa shape index (κ2) is 8.55. The molecule has 1 rings (SSSR count). The van der Waals surface area contributed by atoms with Crippen LogP contribution < -0.4 is 5.73 Å². The number of benzene rings is 1. The van der Waals surface area contributed by atoms with Crippen molar-refractivity contribution in [1.82, 2.24) is 4.90 Å². The molecule has 0 aromatic heterocycles. The Labute approximate surface area is 131 Å². The van der Waals surface area contributed by atoms with Crippen molar-refractivity contribution in [2.24, 2.45) is 11.7 Å². The average Bonchev–Trinajstić information content (AvgIpc) is 2.38. The van der Waals surface area contributed by atoms with Crippen LogP contribution in [0.15, 0.2) is 18.2 Å². The van der Waals surface area contributed by atoms with Gasteiger partial charge in [0.15, 0.2) is 0 Å². The van der Waals surface area contributed by atoms with Crippen LogP contribution >= 0.6 is 0 Å². The number of rotatable bonds is 8. The summed E-state index contributed by atoms with van der Waals surface area (Å²) in [5.74, 6) is 0.678. The molecule has 0 saturated carbocycles. The Morgan fingerprint density at radius 1 is 0.952 bits per heavy atom. The number of hydrogen-bond donors (Lipinski definition) is 1. The minimum Gasteiger partial charge on any atom is -0.323 e. The van der Waals surface area contributed by atoms with E-state index in [1.54, 1.807) is 0 Å². The van der Waals surface area contributed by atoms with Crippen LogP contribution in [0, 0.1) is 19.8 Å². The lowest BCUT2D eigenvalue weighted by Gasteiger charge is -2.34. The van der Waals surface area contributed by atoms with Gasteiger partial charge in [0.1, 0.15) is 0 Å². The summed E-state index contributed by atoms with van der Waals surface area (Å²) in [6.07, 6.45) is 2.39. The van der Waals surface area contributed by atoms with Crippen molar-refractivity contribution >= 4 is 0 Å². The topological polar surface area (TPSA) is 29.3 Å². The van der Waals surface area contributed by atoms with Gasteiger partial charge in [-0.15, -0.1) is 0 Å². The Kier molecular flexibility index (Phi) is 7.41. The molecule has 2 heteroatoms. The lowest BCUT2D eigenvalue weighted by molar-refractivity contribution is 0.156. The third-order valence-corrected chi connectivity index (χ3v) is 4.16. The van der Waals surface area contributed by atoms with E-state index in [0.29, 0.717) is 12.0 Å². The number of nitrogens with two attached hydrogens (primary N) is 1. The molecule has 1 atom stereocenters. The van der Waals surface area contributed by atoms with Gasteiger partial charge >= 0.3 is 0 Å². The van der Waals surface area contributed by atoms with Crippen molar-refractivity contribution in [1.29, 1.82) is 0 Å². The van der Waals surface area contributed by atoms with Crippen molar-refractivity contribution in [3.05, 3.63) is 34.9 Å². The molecule has 1 aromatic carbocycles. The van der Waals surface area contributed by atoms with Gasteiger partial charge in [-0.25, -0.2) is 0 Å². The zero-order chi connectivity index (χ0) is 16.0.